The van der Waals surface area contributed by atoms with Gasteiger partial charge in [-0.2, -0.15) is 0 Å². The second-order valence-corrected chi connectivity index (χ2v) is 4.53. The molecular formula is C12H13FN2OS. The van der Waals surface area contributed by atoms with E-state index in [1.807, 2.05) is 11.4 Å². The van der Waals surface area contributed by atoms with E-state index in [2.05, 4.69) is 4.98 Å². The molecule has 0 spiro atoms. The van der Waals surface area contributed by atoms with Crippen molar-refractivity contribution in [3.8, 4) is 5.75 Å². The zero-order valence-corrected chi connectivity index (χ0v) is 10.0. The lowest BCUT2D eigenvalue weighted by molar-refractivity contribution is 0.303. The van der Waals surface area contributed by atoms with Crippen molar-refractivity contribution in [3.63, 3.8) is 0 Å². The van der Waals surface area contributed by atoms with Gasteiger partial charge in [0.15, 0.2) is 0 Å². The average Bonchev–Trinajstić information content (AvgIpc) is 2.79. The molecule has 2 rings (SSSR count). The first-order valence-electron chi connectivity index (χ1n) is 5.28. The van der Waals surface area contributed by atoms with Crippen LogP contribution in [0.25, 0.3) is 0 Å². The highest BCUT2D eigenvalue weighted by atomic mass is 32.1. The number of hydrogen-bond donors (Lipinski definition) is 1. The third-order valence-corrected chi connectivity index (χ3v) is 2.96. The van der Waals surface area contributed by atoms with Gasteiger partial charge in [0.05, 0.1) is 0 Å². The van der Waals surface area contributed by atoms with E-state index in [-0.39, 0.29) is 5.82 Å². The fourth-order valence-corrected chi connectivity index (χ4v) is 2.01. The highest BCUT2D eigenvalue weighted by Crippen LogP contribution is 2.18. The summed E-state index contributed by atoms with van der Waals surface area (Å²) in [5.41, 5.74) is 6.29. The quantitative estimate of drug-likeness (QED) is 0.888. The summed E-state index contributed by atoms with van der Waals surface area (Å²) in [5.74, 6) is 0.216. The second kappa shape index (κ2) is 5.75. The van der Waals surface area contributed by atoms with Crippen molar-refractivity contribution in [2.45, 2.75) is 13.0 Å². The van der Waals surface area contributed by atoms with Crippen molar-refractivity contribution >= 4 is 11.3 Å². The predicted molar refractivity (Wildman–Crippen MR) is 65.6 cm³/mol. The van der Waals surface area contributed by atoms with E-state index < -0.39 is 0 Å². The van der Waals surface area contributed by atoms with Crippen LogP contribution in [0.2, 0.25) is 0 Å². The molecule has 0 bridgehead atoms. The van der Waals surface area contributed by atoms with Crippen LogP contribution in [0, 0.1) is 5.82 Å². The molecule has 0 saturated heterocycles. The van der Waals surface area contributed by atoms with Gasteiger partial charge in [-0.05, 0) is 30.7 Å². The first kappa shape index (κ1) is 12.0. The Morgan fingerprint density at radius 1 is 1.35 bits per heavy atom. The molecule has 1 aromatic heterocycles. The van der Waals surface area contributed by atoms with Crippen LogP contribution in [0.15, 0.2) is 29.8 Å². The lowest BCUT2D eigenvalue weighted by Gasteiger charge is -2.06. The normalized spacial score (nSPS) is 10.5. The summed E-state index contributed by atoms with van der Waals surface area (Å²) >= 11 is 1.51. The van der Waals surface area contributed by atoms with Crippen LogP contribution in [0.5, 0.6) is 5.75 Å². The number of hydrogen-bond acceptors (Lipinski definition) is 4. The first-order chi connectivity index (χ1) is 8.28. The molecule has 1 heterocycles. The molecule has 0 aliphatic carbocycles. The van der Waals surface area contributed by atoms with E-state index in [4.69, 9.17) is 10.5 Å². The van der Waals surface area contributed by atoms with Crippen molar-refractivity contribution in [2.75, 3.05) is 6.54 Å². The lowest BCUT2D eigenvalue weighted by atomic mass is 10.1. The number of halogens is 1. The standard InChI is InChI=1S/C12H13FN2OS/c13-10-5-9(1-2-14)6-11(7-10)16-8-12-15-3-4-17-12/h3-7H,1-2,8,14H2. The molecule has 3 nitrogen and oxygen atoms in total. The van der Waals surface area contributed by atoms with Crippen LogP contribution in [0.4, 0.5) is 4.39 Å². The number of benzene rings is 1. The maximum atomic E-state index is 13.3. The minimum absolute atomic E-state index is 0.301. The molecule has 0 unspecified atom stereocenters. The number of nitrogens with zero attached hydrogens (tertiary/aromatic N) is 1. The highest BCUT2D eigenvalue weighted by molar-refractivity contribution is 7.09. The summed E-state index contributed by atoms with van der Waals surface area (Å²) in [6.45, 7) is 0.860. The number of aromatic nitrogens is 1. The molecule has 0 atom stereocenters. The molecule has 0 radical (unpaired) electrons. The molecular weight excluding hydrogens is 239 g/mol. The van der Waals surface area contributed by atoms with Gasteiger partial charge in [-0.25, -0.2) is 9.37 Å². The molecule has 0 aliphatic rings. The molecule has 2 N–H and O–H groups in total. The lowest BCUT2D eigenvalue weighted by Crippen LogP contribution is -2.03. The Labute approximate surface area is 103 Å². The van der Waals surface area contributed by atoms with Crippen LogP contribution in [-0.2, 0) is 13.0 Å². The molecule has 0 saturated carbocycles. The van der Waals surface area contributed by atoms with E-state index >= 15 is 0 Å². The van der Waals surface area contributed by atoms with Gasteiger partial charge in [-0.15, -0.1) is 11.3 Å². The molecule has 0 aliphatic heterocycles. The molecule has 0 fully saturated rings. The van der Waals surface area contributed by atoms with Gasteiger partial charge in [0.1, 0.15) is 23.2 Å². The molecule has 5 heteroatoms. The van der Waals surface area contributed by atoms with Crippen LogP contribution in [0.3, 0.4) is 0 Å². The monoisotopic (exact) mass is 252 g/mol. The summed E-state index contributed by atoms with van der Waals surface area (Å²) in [5, 5.41) is 2.75. The highest BCUT2D eigenvalue weighted by Gasteiger charge is 2.03. The maximum absolute atomic E-state index is 13.3. The van der Waals surface area contributed by atoms with Crippen molar-refractivity contribution in [2.24, 2.45) is 5.73 Å². The third-order valence-electron chi connectivity index (χ3n) is 2.21. The van der Waals surface area contributed by atoms with Crippen molar-refractivity contribution in [1.82, 2.24) is 4.98 Å². The average molecular weight is 252 g/mol. The smallest absolute Gasteiger partial charge is 0.140 e. The van der Waals surface area contributed by atoms with Crippen LogP contribution in [-0.4, -0.2) is 11.5 Å². The Morgan fingerprint density at radius 3 is 2.94 bits per heavy atom. The Balaban J connectivity index is 2.04. The Bertz CT molecular complexity index is 473. The Kier molecular flexibility index (Phi) is 4.06. The summed E-state index contributed by atoms with van der Waals surface area (Å²) in [4.78, 5) is 4.09. The minimum Gasteiger partial charge on any atom is -0.486 e. The van der Waals surface area contributed by atoms with Gasteiger partial charge in [0, 0.05) is 17.6 Å². The topological polar surface area (TPSA) is 48.1 Å². The van der Waals surface area contributed by atoms with Gasteiger partial charge in [-0.3, -0.25) is 0 Å². The molecule has 1 aromatic carbocycles. The van der Waals surface area contributed by atoms with E-state index in [1.165, 1.54) is 23.5 Å². The largest absolute Gasteiger partial charge is 0.486 e. The van der Waals surface area contributed by atoms with Crippen LogP contribution >= 0.6 is 11.3 Å². The zero-order chi connectivity index (χ0) is 12.1. The van der Waals surface area contributed by atoms with Crippen molar-refractivity contribution < 1.29 is 9.13 Å². The Morgan fingerprint density at radius 2 is 2.24 bits per heavy atom. The third kappa shape index (κ3) is 3.51. The minimum atomic E-state index is -0.301. The fraction of sp³-hybridized carbons (Fsp3) is 0.250. The van der Waals surface area contributed by atoms with Gasteiger partial charge in [0.25, 0.3) is 0 Å². The van der Waals surface area contributed by atoms with Crippen LogP contribution in [0.1, 0.15) is 10.6 Å². The molecule has 0 amide bonds. The fourth-order valence-electron chi connectivity index (χ4n) is 1.48. The molecule has 90 valence electrons. The SMILES string of the molecule is NCCc1cc(F)cc(OCc2nccs2)c1. The summed E-state index contributed by atoms with van der Waals surface area (Å²) in [7, 11) is 0. The van der Waals surface area contributed by atoms with E-state index in [0.29, 0.717) is 25.3 Å². The summed E-state index contributed by atoms with van der Waals surface area (Å²) < 4.78 is 18.8. The number of nitrogens with two attached hydrogens (primary N) is 1. The number of rotatable bonds is 5. The number of ether oxygens (including phenoxy) is 1. The first-order valence-corrected chi connectivity index (χ1v) is 6.16. The van der Waals surface area contributed by atoms with Gasteiger partial charge in [0.2, 0.25) is 0 Å². The van der Waals surface area contributed by atoms with Crippen molar-refractivity contribution in [3.05, 3.63) is 46.2 Å². The van der Waals surface area contributed by atoms with Gasteiger partial charge < -0.3 is 10.5 Å². The Hall–Kier alpha value is -1.46. The van der Waals surface area contributed by atoms with Crippen molar-refractivity contribution in [1.29, 1.82) is 0 Å². The predicted octanol–water partition coefficient (Wildman–Crippen LogP) is 2.36. The maximum Gasteiger partial charge on any atom is 0.140 e. The summed E-state index contributed by atoms with van der Waals surface area (Å²) in [6, 6.07) is 4.65. The van der Waals surface area contributed by atoms with Gasteiger partial charge in [-0.1, -0.05) is 0 Å². The van der Waals surface area contributed by atoms with Crippen LogP contribution < -0.4 is 10.5 Å². The molecule has 2 aromatic rings. The number of thiazole rings is 1. The summed E-state index contributed by atoms with van der Waals surface area (Å²) in [6.07, 6.45) is 2.36. The zero-order valence-electron chi connectivity index (χ0n) is 9.23. The molecule has 17 heavy (non-hydrogen) atoms. The second-order valence-electron chi connectivity index (χ2n) is 3.55. The van der Waals surface area contributed by atoms with Gasteiger partial charge >= 0.3 is 0 Å². The van der Waals surface area contributed by atoms with E-state index in [9.17, 15) is 4.39 Å². The van der Waals surface area contributed by atoms with E-state index in [0.717, 1.165) is 10.6 Å². The van der Waals surface area contributed by atoms with E-state index in [1.54, 1.807) is 6.20 Å².